The first-order chi connectivity index (χ1) is 18.3. The molecule has 1 heterocycles. The summed E-state index contributed by atoms with van der Waals surface area (Å²) < 4.78 is 34.3. The summed E-state index contributed by atoms with van der Waals surface area (Å²) in [4.78, 5) is 12.7. The zero-order chi connectivity index (χ0) is 27.4. The minimum absolute atomic E-state index is 0.0210. The molecule has 5 atom stereocenters. The Labute approximate surface area is 225 Å². The van der Waals surface area contributed by atoms with Crippen molar-refractivity contribution in [3.8, 4) is 28.7 Å². The number of carbonyl (C=O) groups is 1. The van der Waals surface area contributed by atoms with E-state index < -0.39 is 11.4 Å². The van der Waals surface area contributed by atoms with E-state index in [1.54, 1.807) is 35.5 Å². The van der Waals surface area contributed by atoms with E-state index in [4.69, 9.17) is 28.4 Å². The van der Waals surface area contributed by atoms with E-state index in [-0.39, 0.29) is 23.9 Å². The maximum atomic E-state index is 12.7. The van der Waals surface area contributed by atoms with Gasteiger partial charge in [-0.2, -0.15) is 0 Å². The van der Waals surface area contributed by atoms with Crippen molar-refractivity contribution in [2.45, 2.75) is 45.1 Å². The first-order valence-electron chi connectivity index (χ1n) is 13.2. The van der Waals surface area contributed by atoms with Crippen LogP contribution in [0.1, 0.15) is 49.8 Å². The molecule has 0 radical (unpaired) electrons. The van der Waals surface area contributed by atoms with E-state index in [9.17, 15) is 9.90 Å². The number of hydrogen-bond acceptors (Lipinski definition) is 7. The van der Waals surface area contributed by atoms with Crippen molar-refractivity contribution < 1.29 is 38.3 Å². The highest BCUT2D eigenvalue weighted by molar-refractivity contribution is 5.74. The Bertz CT molecular complexity index is 1110. The molecule has 208 valence electrons. The topological polar surface area (TPSA) is 92.7 Å². The molecule has 2 aromatic carbocycles. The molecule has 2 fully saturated rings. The highest BCUT2D eigenvalue weighted by Crippen LogP contribution is 2.56. The van der Waals surface area contributed by atoms with Crippen molar-refractivity contribution >= 4 is 5.97 Å². The third-order valence-corrected chi connectivity index (χ3v) is 8.58. The minimum atomic E-state index is -0.828. The van der Waals surface area contributed by atoms with Crippen LogP contribution < -0.4 is 23.7 Å². The summed E-state index contributed by atoms with van der Waals surface area (Å²) in [7, 11) is 8.02. The number of methoxy groups -OCH3 is 5. The Kier molecular flexibility index (Phi) is 8.61. The molecule has 1 aliphatic heterocycles. The maximum absolute atomic E-state index is 12.7. The highest BCUT2D eigenvalue weighted by atomic mass is 16.5. The van der Waals surface area contributed by atoms with Crippen LogP contribution in [0.4, 0.5) is 0 Å². The molecule has 1 N–H and O–H groups in total. The highest BCUT2D eigenvalue weighted by Gasteiger charge is 2.53. The third kappa shape index (κ3) is 5.10. The first kappa shape index (κ1) is 27.9. The molecule has 4 rings (SSSR count). The van der Waals surface area contributed by atoms with Gasteiger partial charge in [-0.25, -0.2) is 0 Å². The second-order valence-corrected chi connectivity index (χ2v) is 10.5. The molecule has 0 spiro atoms. The minimum Gasteiger partial charge on any atom is -0.493 e. The Morgan fingerprint density at radius 3 is 2.16 bits per heavy atom. The second-order valence-electron chi connectivity index (χ2n) is 10.5. The van der Waals surface area contributed by atoms with Gasteiger partial charge in [-0.3, -0.25) is 4.79 Å². The molecular weight excluding hydrogens is 488 g/mol. The normalized spacial score (nSPS) is 27.0. The Hall–Kier alpha value is -3.13. The van der Waals surface area contributed by atoms with Gasteiger partial charge in [-0.15, -0.1) is 0 Å². The number of ether oxygens (including phenoxy) is 6. The fraction of sp³-hybridized carbons (Fsp3) is 0.567. The largest absolute Gasteiger partial charge is 0.493 e. The molecule has 2 unspecified atom stereocenters. The predicted molar refractivity (Wildman–Crippen MR) is 143 cm³/mol. The quantitative estimate of drug-likeness (QED) is 0.429. The Morgan fingerprint density at radius 1 is 0.921 bits per heavy atom. The van der Waals surface area contributed by atoms with E-state index in [2.05, 4.69) is 0 Å². The van der Waals surface area contributed by atoms with Gasteiger partial charge >= 0.3 is 5.97 Å². The van der Waals surface area contributed by atoms with Gasteiger partial charge in [0.05, 0.1) is 53.7 Å². The van der Waals surface area contributed by atoms with Crippen LogP contribution in [0.5, 0.6) is 28.7 Å². The molecule has 2 aromatic rings. The lowest BCUT2D eigenvalue weighted by atomic mass is 9.58. The SMILES string of the molecule is COc1ccc(C[C@H]2CO[C@H](c3cc(OC)c(OC)c(OC)c3)[C@@H]2C2CCCCC2(C)C(=O)O)cc1OC. The van der Waals surface area contributed by atoms with Crippen LogP contribution in [0.25, 0.3) is 0 Å². The van der Waals surface area contributed by atoms with Crippen LogP contribution in [0, 0.1) is 23.2 Å². The number of hydrogen-bond donors (Lipinski definition) is 1. The van der Waals surface area contributed by atoms with Gasteiger partial charge < -0.3 is 33.5 Å². The smallest absolute Gasteiger partial charge is 0.309 e. The summed E-state index contributed by atoms with van der Waals surface area (Å²) in [6.07, 6.45) is 3.86. The van der Waals surface area contributed by atoms with E-state index in [1.165, 1.54) is 0 Å². The van der Waals surface area contributed by atoms with Gasteiger partial charge in [0.2, 0.25) is 5.75 Å². The van der Waals surface area contributed by atoms with Crippen molar-refractivity contribution in [1.29, 1.82) is 0 Å². The molecule has 1 saturated heterocycles. The van der Waals surface area contributed by atoms with Gasteiger partial charge in [0.15, 0.2) is 23.0 Å². The predicted octanol–water partition coefficient (Wildman–Crippen LogP) is 5.56. The summed E-state index contributed by atoms with van der Waals surface area (Å²) in [5.41, 5.74) is 1.17. The van der Waals surface area contributed by atoms with Gasteiger partial charge in [0.25, 0.3) is 0 Å². The summed E-state index contributed by atoms with van der Waals surface area (Å²) in [6.45, 7) is 2.43. The van der Waals surface area contributed by atoms with E-state index >= 15 is 0 Å². The summed E-state index contributed by atoms with van der Waals surface area (Å²) in [5, 5.41) is 10.4. The molecule has 38 heavy (non-hydrogen) atoms. The van der Waals surface area contributed by atoms with Gasteiger partial charge in [0.1, 0.15) is 0 Å². The van der Waals surface area contributed by atoms with Crippen molar-refractivity contribution in [3.63, 3.8) is 0 Å². The van der Waals surface area contributed by atoms with Crippen molar-refractivity contribution in [1.82, 2.24) is 0 Å². The van der Waals surface area contributed by atoms with Crippen molar-refractivity contribution in [2.24, 2.45) is 23.2 Å². The molecule has 0 aromatic heterocycles. The average Bonchev–Trinajstić information content (AvgIpc) is 3.34. The lowest BCUT2D eigenvalue weighted by molar-refractivity contribution is -0.157. The molecule has 1 aliphatic carbocycles. The maximum Gasteiger partial charge on any atom is 0.309 e. The fourth-order valence-corrected chi connectivity index (χ4v) is 6.57. The van der Waals surface area contributed by atoms with Crippen molar-refractivity contribution in [3.05, 3.63) is 41.5 Å². The summed E-state index contributed by atoms with van der Waals surface area (Å²) in [6, 6.07) is 9.82. The summed E-state index contributed by atoms with van der Waals surface area (Å²) in [5.74, 6) is 2.28. The van der Waals surface area contributed by atoms with Gasteiger partial charge in [0, 0.05) is 0 Å². The molecular formula is C30H40O8. The average molecular weight is 529 g/mol. The zero-order valence-corrected chi connectivity index (χ0v) is 23.2. The van der Waals surface area contributed by atoms with Crippen LogP contribution in [-0.4, -0.2) is 53.2 Å². The van der Waals surface area contributed by atoms with E-state index in [0.29, 0.717) is 41.8 Å². The van der Waals surface area contributed by atoms with Gasteiger partial charge in [-0.1, -0.05) is 18.9 Å². The Morgan fingerprint density at radius 2 is 1.58 bits per heavy atom. The van der Waals surface area contributed by atoms with Crippen LogP contribution in [0.15, 0.2) is 30.3 Å². The lowest BCUT2D eigenvalue weighted by Gasteiger charge is -2.44. The van der Waals surface area contributed by atoms with Crippen LogP contribution >= 0.6 is 0 Å². The molecule has 0 bridgehead atoms. The van der Waals surface area contributed by atoms with Crippen molar-refractivity contribution in [2.75, 3.05) is 42.2 Å². The number of rotatable bonds is 10. The first-order valence-corrected chi connectivity index (χ1v) is 13.2. The Balaban J connectivity index is 1.78. The molecule has 8 heteroatoms. The standard InChI is InChI=1S/C30H40O8/c1-30(29(31)32)12-8-7-9-21(30)26-20(13-18-10-11-22(33-2)23(14-18)34-3)17-38-27(26)19-15-24(35-4)28(37-6)25(16-19)36-5/h10-11,14-16,20-21,26-27H,7-9,12-13,17H2,1-6H3,(H,31,32)/t20-,21?,26-,27+,30?/m0/s1. The number of carboxylic acid groups (broad SMARTS) is 1. The second kappa shape index (κ2) is 11.7. The van der Waals surface area contributed by atoms with E-state index in [1.807, 2.05) is 37.3 Å². The molecule has 0 amide bonds. The monoisotopic (exact) mass is 528 g/mol. The van der Waals surface area contributed by atoms with E-state index in [0.717, 1.165) is 36.8 Å². The number of carboxylic acids is 1. The van der Waals surface area contributed by atoms with Gasteiger partial charge in [-0.05, 0) is 79.3 Å². The number of aliphatic carboxylic acids is 1. The third-order valence-electron chi connectivity index (χ3n) is 8.58. The van der Waals surface area contributed by atoms with Crippen LogP contribution in [0.2, 0.25) is 0 Å². The molecule has 2 aliphatic rings. The molecule has 1 saturated carbocycles. The lowest BCUT2D eigenvalue weighted by Crippen LogP contribution is -2.44. The summed E-state index contributed by atoms with van der Waals surface area (Å²) >= 11 is 0. The zero-order valence-electron chi connectivity index (χ0n) is 23.2. The van der Waals surface area contributed by atoms with Crippen LogP contribution in [0.3, 0.4) is 0 Å². The van der Waals surface area contributed by atoms with Crippen LogP contribution in [-0.2, 0) is 16.0 Å². The molecule has 8 nitrogen and oxygen atoms in total. The number of benzene rings is 2. The fourth-order valence-electron chi connectivity index (χ4n) is 6.57.